The average Bonchev–Trinajstić information content (AvgIpc) is 2.67. The van der Waals surface area contributed by atoms with Crippen LogP contribution in [0.5, 0.6) is 0 Å². The molecule has 0 bridgehead atoms. The summed E-state index contributed by atoms with van der Waals surface area (Å²) in [4.78, 5) is 34.9. The van der Waals surface area contributed by atoms with Gasteiger partial charge in [0, 0.05) is 19.4 Å². The van der Waals surface area contributed by atoms with E-state index in [9.17, 15) is 14.4 Å². The molecule has 3 N–H and O–H groups in total. The van der Waals surface area contributed by atoms with E-state index in [4.69, 9.17) is 20.3 Å². The molecule has 0 spiro atoms. The van der Waals surface area contributed by atoms with Crippen molar-refractivity contribution in [2.75, 3.05) is 13.2 Å². The van der Waals surface area contributed by atoms with Crippen molar-refractivity contribution in [2.24, 2.45) is 5.73 Å². The summed E-state index contributed by atoms with van der Waals surface area (Å²) < 4.78 is 9.69. The van der Waals surface area contributed by atoms with Gasteiger partial charge in [-0.1, -0.05) is 58.3 Å². The van der Waals surface area contributed by atoms with Crippen LogP contribution in [-0.4, -0.2) is 71.8 Å². The van der Waals surface area contributed by atoms with Crippen molar-refractivity contribution in [1.29, 1.82) is 0 Å². The van der Waals surface area contributed by atoms with Gasteiger partial charge in [-0.25, -0.2) is 0 Å². The van der Waals surface area contributed by atoms with E-state index < -0.39 is 23.9 Å². The van der Waals surface area contributed by atoms with Crippen LogP contribution in [0.15, 0.2) is 0 Å². The monoisotopic (exact) mass is 425 g/mol. The number of rotatable bonds is 18. The Labute approximate surface area is 197 Å². The molecule has 0 fully saturated rings. The summed E-state index contributed by atoms with van der Waals surface area (Å²) in [6, 6.07) is -0.922. The van der Waals surface area contributed by atoms with E-state index in [0.29, 0.717) is 12.8 Å². The Morgan fingerprint density at radius 1 is 0.828 bits per heavy atom. The van der Waals surface area contributed by atoms with E-state index in [2.05, 4.69) is 6.92 Å². The van der Waals surface area contributed by atoms with Crippen molar-refractivity contribution in [3.63, 3.8) is 0 Å². The average molecular weight is 426 g/mol. The number of aliphatic hydroxyl groups is 1. The molecule has 7 nitrogen and oxygen atoms in total. The first-order valence-electron chi connectivity index (χ1n) is 10.8. The predicted octanol–water partition coefficient (Wildman–Crippen LogP) is 2.75. The van der Waals surface area contributed by atoms with Gasteiger partial charge in [0.2, 0.25) is 0 Å². The van der Waals surface area contributed by atoms with Gasteiger partial charge in [0.25, 0.3) is 0 Å². The van der Waals surface area contributed by atoms with Gasteiger partial charge in [0.15, 0.2) is 0 Å². The zero-order valence-corrected chi connectivity index (χ0v) is 17.5. The van der Waals surface area contributed by atoms with Crippen LogP contribution in [0.2, 0.25) is 0 Å². The van der Waals surface area contributed by atoms with Gasteiger partial charge in [0.05, 0.1) is 6.61 Å². The van der Waals surface area contributed by atoms with Gasteiger partial charge < -0.3 is 20.3 Å². The fraction of sp³-hybridized carbons (Fsp3) is 0.857. The molecule has 0 aromatic rings. The molecule has 1 atom stereocenters. The molecule has 166 valence electrons. The van der Waals surface area contributed by atoms with Crippen LogP contribution in [0.25, 0.3) is 0 Å². The number of hydrogen-bond acceptors (Lipinski definition) is 7. The number of ether oxygens (including phenoxy) is 2. The third-order valence-corrected chi connectivity index (χ3v) is 4.47. The molecule has 0 aliphatic carbocycles. The van der Waals surface area contributed by atoms with Crippen molar-refractivity contribution in [3.05, 3.63) is 0 Å². The van der Waals surface area contributed by atoms with Gasteiger partial charge in [-0.05, 0) is 25.7 Å². The van der Waals surface area contributed by atoms with E-state index in [1.807, 2.05) is 0 Å². The Kier molecular flexibility index (Phi) is 23.5. The number of unbranched alkanes of at least 4 members (excludes halogenated alkanes) is 9. The molecule has 0 aromatic carbocycles. The summed E-state index contributed by atoms with van der Waals surface area (Å²) in [7, 11) is 0. The zero-order chi connectivity index (χ0) is 21.0. The van der Waals surface area contributed by atoms with Gasteiger partial charge in [-0.15, -0.1) is 0 Å². The summed E-state index contributed by atoms with van der Waals surface area (Å²) in [5, 5.41) is 8.64. The van der Waals surface area contributed by atoms with Gasteiger partial charge >= 0.3 is 47.5 Å². The van der Waals surface area contributed by atoms with Crippen LogP contribution >= 0.6 is 0 Å². The SMILES string of the molecule is CCCCCCCCCCCC(=O)OC(=O)CC[C@H](N)C(=O)OCCCCO.[NaH]. The Balaban J connectivity index is 0. The fourth-order valence-corrected chi connectivity index (χ4v) is 2.69. The molecule has 0 saturated carbocycles. The van der Waals surface area contributed by atoms with Gasteiger partial charge in [-0.2, -0.15) is 0 Å². The maximum atomic E-state index is 11.7. The third kappa shape index (κ3) is 20.6. The van der Waals surface area contributed by atoms with Crippen LogP contribution in [0.1, 0.15) is 96.8 Å². The molecule has 0 rings (SSSR count). The van der Waals surface area contributed by atoms with Gasteiger partial charge in [0.1, 0.15) is 6.04 Å². The van der Waals surface area contributed by atoms with E-state index in [1.54, 1.807) is 0 Å². The van der Waals surface area contributed by atoms with Crippen LogP contribution in [0.4, 0.5) is 0 Å². The first-order valence-corrected chi connectivity index (χ1v) is 10.8. The quantitative estimate of drug-likeness (QED) is 0.150. The summed E-state index contributed by atoms with van der Waals surface area (Å²) in [5.74, 6) is -1.77. The van der Waals surface area contributed by atoms with Crippen molar-refractivity contribution < 1.29 is 29.0 Å². The second kappa shape index (κ2) is 22.2. The van der Waals surface area contributed by atoms with Crippen LogP contribution in [-0.2, 0) is 23.9 Å². The standard InChI is InChI=1S/C21H39NO6.Na.H/c1-2-3-4-5-6-7-8-9-10-13-19(24)28-20(25)15-14-18(22)21(26)27-17-12-11-16-23;;/h18,23H,2-17,22H2,1H3;;/t18-;;/m0../s1. The van der Waals surface area contributed by atoms with Crippen molar-refractivity contribution in [3.8, 4) is 0 Å². The molecule has 0 heterocycles. The number of carbonyl (C=O) groups is 3. The molecule has 0 saturated heterocycles. The Morgan fingerprint density at radius 2 is 1.38 bits per heavy atom. The Morgan fingerprint density at radius 3 is 1.97 bits per heavy atom. The summed E-state index contributed by atoms with van der Waals surface area (Å²) in [6.45, 7) is 2.44. The van der Waals surface area contributed by atoms with Crippen molar-refractivity contribution in [1.82, 2.24) is 0 Å². The van der Waals surface area contributed by atoms with Crippen molar-refractivity contribution in [2.45, 2.75) is 103 Å². The van der Waals surface area contributed by atoms with Crippen LogP contribution in [0, 0.1) is 0 Å². The van der Waals surface area contributed by atoms with Gasteiger partial charge in [-0.3, -0.25) is 14.4 Å². The van der Waals surface area contributed by atoms with E-state index in [0.717, 1.165) is 19.3 Å². The Bertz CT molecular complexity index is 433. The predicted molar refractivity (Wildman–Crippen MR) is 115 cm³/mol. The topological polar surface area (TPSA) is 116 Å². The fourth-order valence-electron chi connectivity index (χ4n) is 2.69. The first-order chi connectivity index (χ1) is 13.5. The molecule has 29 heavy (non-hydrogen) atoms. The number of carbonyl (C=O) groups excluding carboxylic acids is 3. The molecule has 0 aliphatic rings. The molecular formula is C21H40NNaO6. The first kappa shape index (κ1) is 30.7. The molecule has 0 amide bonds. The number of aliphatic hydroxyl groups excluding tert-OH is 1. The second-order valence-corrected chi connectivity index (χ2v) is 7.17. The van der Waals surface area contributed by atoms with E-state index in [-0.39, 0.29) is 62.0 Å². The minimum absolute atomic E-state index is 0. The van der Waals surface area contributed by atoms with E-state index >= 15 is 0 Å². The number of esters is 3. The molecule has 0 radical (unpaired) electrons. The van der Waals surface area contributed by atoms with E-state index in [1.165, 1.54) is 38.5 Å². The normalized spacial score (nSPS) is 11.4. The van der Waals surface area contributed by atoms with Crippen LogP contribution in [0.3, 0.4) is 0 Å². The third-order valence-electron chi connectivity index (χ3n) is 4.47. The Hall–Kier alpha value is -0.470. The number of hydrogen-bond donors (Lipinski definition) is 2. The molecule has 8 heteroatoms. The second-order valence-electron chi connectivity index (χ2n) is 7.17. The molecule has 0 aromatic heterocycles. The summed E-state index contributed by atoms with van der Waals surface area (Å²) in [6.07, 6.45) is 11.7. The maximum absolute atomic E-state index is 11.7. The number of nitrogens with two attached hydrogens (primary N) is 1. The molecular weight excluding hydrogens is 385 g/mol. The summed E-state index contributed by atoms with van der Waals surface area (Å²) in [5.41, 5.74) is 5.66. The molecule has 0 aliphatic heterocycles. The van der Waals surface area contributed by atoms with Crippen molar-refractivity contribution >= 4 is 47.5 Å². The van der Waals surface area contributed by atoms with Crippen LogP contribution < -0.4 is 5.73 Å². The molecule has 0 unspecified atom stereocenters. The summed E-state index contributed by atoms with van der Waals surface area (Å²) >= 11 is 0. The zero-order valence-electron chi connectivity index (χ0n) is 17.5. The minimum atomic E-state index is -0.922.